The molecule has 0 aromatic heterocycles. The first-order valence-electron chi connectivity index (χ1n) is 6.66. The minimum absolute atomic E-state index is 0.186. The van der Waals surface area contributed by atoms with Gasteiger partial charge in [0.1, 0.15) is 0 Å². The molecule has 88 valence electrons. The van der Waals surface area contributed by atoms with Crippen molar-refractivity contribution in [3.63, 3.8) is 0 Å². The fourth-order valence-corrected chi connectivity index (χ4v) is 2.83. The van der Waals surface area contributed by atoms with Gasteiger partial charge in [-0.15, -0.1) is 0 Å². The van der Waals surface area contributed by atoms with Crippen LogP contribution in [0.5, 0.6) is 0 Å². The summed E-state index contributed by atoms with van der Waals surface area (Å²) >= 11 is 0. The molecule has 0 aromatic carbocycles. The van der Waals surface area contributed by atoms with E-state index in [9.17, 15) is 0 Å². The van der Waals surface area contributed by atoms with Crippen LogP contribution in [0.15, 0.2) is 0 Å². The van der Waals surface area contributed by atoms with Crippen LogP contribution in [-0.4, -0.2) is 18.5 Å². The SMILES string of the molecule is CCCC1CCCCC2(CCCCO2)O1. The van der Waals surface area contributed by atoms with E-state index in [0.717, 1.165) is 19.4 Å². The van der Waals surface area contributed by atoms with Crippen molar-refractivity contribution in [2.45, 2.75) is 76.6 Å². The second-order valence-electron chi connectivity index (χ2n) is 4.99. The average molecular weight is 212 g/mol. The molecule has 2 aliphatic rings. The van der Waals surface area contributed by atoms with Gasteiger partial charge < -0.3 is 9.47 Å². The molecule has 0 bridgehead atoms. The first-order chi connectivity index (χ1) is 7.35. The van der Waals surface area contributed by atoms with Gasteiger partial charge in [-0.3, -0.25) is 0 Å². The van der Waals surface area contributed by atoms with Gasteiger partial charge in [0.15, 0.2) is 5.79 Å². The van der Waals surface area contributed by atoms with Crippen LogP contribution in [0.4, 0.5) is 0 Å². The molecule has 0 saturated carbocycles. The highest BCUT2D eigenvalue weighted by Crippen LogP contribution is 2.36. The second-order valence-corrected chi connectivity index (χ2v) is 4.99. The molecule has 2 unspecified atom stereocenters. The van der Waals surface area contributed by atoms with Gasteiger partial charge in [-0.05, 0) is 32.1 Å². The Morgan fingerprint density at radius 3 is 2.60 bits per heavy atom. The van der Waals surface area contributed by atoms with Crippen LogP contribution in [0.25, 0.3) is 0 Å². The maximum absolute atomic E-state index is 6.26. The van der Waals surface area contributed by atoms with Gasteiger partial charge in [-0.2, -0.15) is 0 Å². The van der Waals surface area contributed by atoms with Crippen molar-refractivity contribution in [2.24, 2.45) is 0 Å². The summed E-state index contributed by atoms with van der Waals surface area (Å²) in [5, 5.41) is 0. The van der Waals surface area contributed by atoms with Crippen LogP contribution in [-0.2, 0) is 9.47 Å². The van der Waals surface area contributed by atoms with Crippen molar-refractivity contribution in [2.75, 3.05) is 6.61 Å². The molecule has 2 rings (SSSR count). The number of hydrogen-bond acceptors (Lipinski definition) is 2. The van der Waals surface area contributed by atoms with E-state index in [2.05, 4.69) is 6.92 Å². The fourth-order valence-electron chi connectivity index (χ4n) is 2.83. The van der Waals surface area contributed by atoms with E-state index in [1.165, 1.54) is 44.9 Å². The Bertz CT molecular complexity index is 185. The quantitative estimate of drug-likeness (QED) is 0.695. The third-order valence-corrected chi connectivity index (χ3v) is 3.64. The van der Waals surface area contributed by atoms with Crippen molar-refractivity contribution in [1.29, 1.82) is 0 Å². The van der Waals surface area contributed by atoms with Crippen molar-refractivity contribution < 1.29 is 9.47 Å². The van der Waals surface area contributed by atoms with E-state index in [1.54, 1.807) is 0 Å². The van der Waals surface area contributed by atoms with Crippen LogP contribution in [0.1, 0.15) is 64.7 Å². The lowest BCUT2D eigenvalue weighted by Gasteiger charge is -2.38. The third kappa shape index (κ3) is 2.94. The van der Waals surface area contributed by atoms with Gasteiger partial charge in [0, 0.05) is 12.8 Å². The van der Waals surface area contributed by atoms with Gasteiger partial charge in [0.2, 0.25) is 0 Å². The zero-order chi connectivity index (χ0) is 10.6. The Balaban J connectivity index is 1.96. The zero-order valence-electron chi connectivity index (χ0n) is 9.96. The monoisotopic (exact) mass is 212 g/mol. The first-order valence-corrected chi connectivity index (χ1v) is 6.66. The van der Waals surface area contributed by atoms with Crippen LogP contribution in [0.3, 0.4) is 0 Å². The molecule has 2 nitrogen and oxygen atoms in total. The highest BCUT2D eigenvalue weighted by atomic mass is 16.7. The number of ether oxygens (including phenoxy) is 2. The topological polar surface area (TPSA) is 18.5 Å². The van der Waals surface area contributed by atoms with Crippen molar-refractivity contribution in [1.82, 2.24) is 0 Å². The molecule has 0 aliphatic carbocycles. The molecule has 1 spiro atoms. The largest absolute Gasteiger partial charge is 0.350 e. The predicted molar refractivity (Wildman–Crippen MR) is 60.8 cm³/mol. The predicted octanol–water partition coefficient (Wildman–Crippen LogP) is 3.64. The molecule has 0 radical (unpaired) electrons. The van der Waals surface area contributed by atoms with Crippen LogP contribution in [0, 0.1) is 0 Å². The highest BCUT2D eigenvalue weighted by Gasteiger charge is 2.37. The highest BCUT2D eigenvalue weighted by molar-refractivity contribution is 4.79. The Morgan fingerprint density at radius 2 is 1.93 bits per heavy atom. The van der Waals surface area contributed by atoms with E-state index < -0.39 is 0 Å². The molecule has 2 aliphatic heterocycles. The smallest absolute Gasteiger partial charge is 0.168 e. The van der Waals surface area contributed by atoms with Gasteiger partial charge >= 0.3 is 0 Å². The minimum atomic E-state index is -0.186. The normalized spacial score (nSPS) is 37.8. The van der Waals surface area contributed by atoms with E-state index >= 15 is 0 Å². The van der Waals surface area contributed by atoms with Crippen molar-refractivity contribution in [3.05, 3.63) is 0 Å². The summed E-state index contributed by atoms with van der Waals surface area (Å²) in [6.07, 6.45) is 11.4. The molecule has 0 N–H and O–H groups in total. The standard InChI is InChI=1S/C13H24O2/c1-2-7-12-8-3-4-9-13(15-12)10-5-6-11-14-13/h12H,2-11H2,1H3. The lowest BCUT2D eigenvalue weighted by Crippen LogP contribution is -2.41. The Labute approximate surface area is 93.3 Å². The van der Waals surface area contributed by atoms with Crippen LogP contribution in [0.2, 0.25) is 0 Å². The Hall–Kier alpha value is -0.0800. The first kappa shape index (κ1) is 11.4. The van der Waals surface area contributed by atoms with E-state index in [-0.39, 0.29) is 5.79 Å². The summed E-state index contributed by atoms with van der Waals surface area (Å²) in [5.74, 6) is -0.186. The Morgan fingerprint density at radius 1 is 1.13 bits per heavy atom. The van der Waals surface area contributed by atoms with E-state index in [4.69, 9.17) is 9.47 Å². The lowest BCUT2D eigenvalue weighted by molar-refractivity contribution is -0.275. The summed E-state index contributed by atoms with van der Waals surface area (Å²) in [7, 11) is 0. The number of hydrogen-bond donors (Lipinski definition) is 0. The van der Waals surface area contributed by atoms with Gasteiger partial charge in [-0.1, -0.05) is 19.8 Å². The maximum atomic E-state index is 6.26. The van der Waals surface area contributed by atoms with Gasteiger partial charge in [-0.25, -0.2) is 0 Å². The minimum Gasteiger partial charge on any atom is -0.350 e. The van der Waals surface area contributed by atoms with Crippen LogP contribution >= 0.6 is 0 Å². The molecule has 2 heteroatoms. The molecular formula is C13H24O2. The summed E-state index contributed by atoms with van der Waals surface area (Å²) in [6.45, 7) is 3.14. The zero-order valence-corrected chi connectivity index (χ0v) is 9.96. The maximum Gasteiger partial charge on any atom is 0.168 e. The third-order valence-electron chi connectivity index (χ3n) is 3.64. The molecule has 2 fully saturated rings. The molecule has 2 saturated heterocycles. The summed E-state index contributed by atoms with van der Waals surface area (Å²) in [4.78, 5) is 0. The molecular weight excluding hydrogens is 188 g/mol. The van der Waals surface area contributed by atoms with Crippen molar-refractivity contribution >= 4 is 0 Å². The molecule has 0 aromatic rings. The fraction of sp³-hybridized carbons (Fsp3) is 1.00. The summed E-state index contributed by atoms with van der Waals surface area (Å²) in [6, 6.07) is 0. The molecule has 15 heavy (non-hydrogen) atoms. The Kier molecular flexibility index (Phi) is 4.04. The summed E-state index contributed by atoms with van der Waals surface area (Å²) in [5.41, 5.74) is 0. The molecule has 2 heterocycles. The van der Waals surface area contributed by atoms with Crippen LogP contribution < -0.4 is 0 Å². The lowest BCUT2D eigenvalue weighted by atomic mass is 10.0. The van der Waals surface area contributed by atoms with Gasteiger partial charge in [0.25, 0.3) is 0 Å². The van der Waals surface area contributed by atoms with Crippen molar-refractivity contribution in [3.8, 4) is 0 Å². The summed E-state index contributed by atoms with van der Waals surface area (Å²) < 4.78 is 12.2. The van der Waals surface area contributed by atoms with E-state index in [1.807, 2.05) is 0 Å². The second kappa shape index (κ2) is 5.31. The number of rotatable bonds is 2. The van der Waals surface area contributed by atoms with E-state index in [0.29, 0.717) is 6.10 Å². The molecule has 2 atom stereocenters. The average Bonchev–Trinajstić information content (AvgIpc) is 2.43. The molecule has 0 amide bonds. The van der Waals surface area contributed by atoms with Gasteiger partial charge in [0.05, 0.1) is 12.7 Å².